The number of benzene rings is 2. The fraction of sp³-hybridized carbons (Fsp3) is 0.348. The average molecular weight is 463 g/mol. The van der Waals surface area contributed by atoms with Gasteiger partial charge in [0.2, 0.25) is 11.8 Å². The van der Waals surface area contributed by atoms with Crippen LogP contribution in [0.4, 0.5) is 4.79 Å². The maximum absolute atomic E-state index is 12.3. The van der Waals surface area contributed by atoms with Crippen molar-refractivity contribution in [2.24, 2.45) is 11.5 Å². The largest absolute Gasteiger partial charge is 0.445 e. The van der Waals surface area contributed by atoms with Crippen LogP contribution in [-0.2, 0) is 27.4 Å². The molecule has 2 aromatic rings. The lowest BCUT2D eigenvalue weighted by atomic mass is 10.0. The Morgan fingerprint density at radius 3 is 2.09 bits per heavy atom. The molecule has 0 saturated carbocycles. The molecule has 32 heavy (non-hydrogen) atoms. The van der Waals surface area contributed by atoms with E-state index in [1.807, 2.05) is 60.7 Å². The van der Waals surface area contributed by atoms with Crippen LogP contribution in [0.1, 0.15) is 30.4 Å². The molecule has 2 rings (SSSR count). The fourth-order valence-electron chi connectivity index (χ4n) is 2.94. The van der Waals surface area contributed by atoms with Gasteiger partial charge >= 0.3 is 6.09 Å². The molecule has 3 amide bonds. The second-order valence-electron chi connectivity index (χ2n) is 7.24. The van der Waals surface area contributed by atoms with Crippen LogP contribution < -0.4 is 22.1 Å². The number of nitrogens with two attached hydrogens (primary N) is 2. The first-order chi connectivity index (χ1) is 15.0. The normalized spacial score (nSPS) is 12.0. The van der Waals surface area contributed by atoms with E-state index in [0.29, 0.717) is 32.2 Å². The molecule has 8 nitrogen and oxygen atoms in total. The van der Waals surface area contributed by atoms with Crippen molar-refractivity contribution in [3.8, 4) is 0 Å². The number of carbonyl (C=O) groups is 3. The molecule has 9 heteroatoms. The Labute approximate surface area is 194 Å². The predicted octanol–water partition coefficient (Wildman–Crippen LogP) is 2.04. The number of ether oxygens (including phenoxy) is 1. The Bertz CT molecular complexity index is 836. The number of hydrogen-bond donors (Lipinski definition) is 4. The lowest BCUT2D eigenvalue weighted by Gasteiger charge is -2.18. The molecule has 0 aliphatic carbocycles. The lowest BCUT2D eigenvalue weighted by molar-refractivity contribution is -0.128. The molecule has 0 unspecified atom stereocenters. The van der Waals surface area contributed by atoms with Crippen LogP contribution in [0.3, 0.4) is 0 Å². The van der Waals surface area contributed by atoms with Crippen LogP contribution in [0.5, 0.6) is 0 Å². The molecule has 6 N–H and O–H groups in total. The zero-order valence-electron chi connectivity index (χ0n) is 17.9. The summed E-state index contributed by atoms with van der Waals surface area (Å²) in [6.07, 6.45) is 1.52. The number of hydrogen-bond acceptors (Lipinski definition) is 5. The van der Waals surface area contributed by atoms with E-state index in [2.05, 4.69) is 10.6 Å². The van der Waals surface area contributed by atoms with Crippen molar-refractivity contribution >= 4 is 30.3 Å². The monoisotopic (exact) mass is 462 g/mol. The van der Waals surface area contributed by atoms with E-state index >= 15 is 0 Å². The molecule has 0 aliphatic rings. The number of unbranched alkanes of at least 4 members (excludes halogenated alkanes) is 1. The van der Waals surface area contributed by atoms with E-state index in [0.717, 1.165) is 11.1 Å². The molecule has 0 aliphatic heterocycles. The van der Waals surface area contributed by atoms with Gasteiger partial charge < -0.3 is 26.8 Å². The van der Waals surface area contributed by atoms with Gasteiger partial charge in [-0.1, -0.05) is 60.7 Å². The fourth-order valence-corrected chi connectivity index (χ4v) is 2.94. The van der Waals surface area contributed by atoms with Gasteiger partial charge in [-0.3, -0.25) is 9.59 Å². The molecule has 174 valence electrons. The summed E-state index contributed by atoms with van der Waals surface area (Å²) in [4.78, 5) is 35.7. The van der Waals surface area contributed by atoms with Crippen LogP contribution in [-0.4, -0.2) is 36.5 Å². The lowest BCUT2D eigenvalue weighted by Crippen LogP contribution is -2.51. The van der Waals surface area contributed by atoms with E-state index in [1.165, 1.54) is 0 Å². The summed E-state index contributed by atoms with van der Waals surface area (Å²) in [6.45, 7) is 0.627. The van der Waals surface area contributed by atoms with Crippen molar-refractivity contribution in [2.75, 3.05) is 6.54 Å². The second kappa shape index (κ2) is 14.8. The predicted molar refractivity (Wildman–Crippen MR) is 125 cm³/mol. The number of rotatable bonds is 12. The zero-order chi connectivity index (χ0) is 22.5. The molecule has 0 saturated heterocycles. The van der Waals surface area contributed by atoms with Crippen LogP contribution in [0.25, 0.3) is 0 Å². The first kappa shape index (κ1) is 26.9. The summed E-state index contributed by atoms with van der Waals surface area (Å²) in [7, 11) is 0. The van der Waals surface area contributed by atoms with Crippen LogP contribution >= 0.6 is 12.4 Å². The van der Waals surface area contributed by atoms with Crippen molar-refractivity contribution in [1.82, 2.24) is 10.6 Å². The first-order valence-electron chi connectivity index (χ1n) is 10.3. The standard InChI is InChI=1S/C23H30N4O4.ClH/c24-19(22(29)27-20(21(25)28)15-17-9-3-1-4-10-17)13-7-8-14-26-23(30)31-16-18-11-5-2-6-12-18;/h1-6,9-12,19-20H,7-8,13-16,24H2,(H2,25,28)(H,26,30)(H,27,29);1H/t19-,20-;/m0./s1. The SMILES string of the molecule is Cl.NC(=O)[C@H](Cc1ccccc1)NC(=O)[C@@H](N)CCCCNC(=O)OCc1ccccc1. The number of carbonyl (C=O) groups excluding carboxylic acids is 3. The number of primary amides is 1. The van der Waals surface area contributed by atoms with Gasteiger partial charge in [-0.15, -0.1) is 12.4 Å². The molecule has 0 aromatic heterocycles. The Balaban J connectivity index is 0.00000512. The number of amides is 3. The first-order valence-corrected chi connectivity index (χ1v) is 10.3. The van der Waals surface area contributed by atoms with Gasteiger partial charge in [0.05, 0.1) is 6.04 Å². The molecule has 0 fully saturated rings. The van der Waals surface area contributed by atoms with Gasteiger partial charge in [-0.2, -0.15) is 0 Å². The number of alkyl carbamates (subject to hydrolysis) is 1. The summed E-state index contributed by atoms with van der Waals surface area (Å²) >= 11 is 0. The van der Waals surface area contributed by atoms with Crippen LogP contribution in [0.15, 0.2) is 60.7 Å². The highest BCUT2D eigenvalue weighted by atomic mass is 35.5. The Morgan fingerprint density at radius 1 is 0.906 bits per heavy atom. The van der Waals surface area contributed by atoms with Crippen molar-refractivity contribution < 1.29 is 19.1 Å². The number of nitrogens with one attached hydrogen (secondary N) is 2. The summed E-state index contributed by atoms with van der Waals surface area (Å²) < 4.78 is 5.13. The van der Waals surface area contributed by atoms with E-state index in [-0.39, 0.29) is 19.0 Å². The van der Waals surface area contributed by atoms with Gasteiger partial charge in [0.15, 0.2) is 0 Å². The van der Waals surface area contributed by atoms with Gasteiger partial charge in [-0.25, -0.2) is 4.79 Å². The highest BCUT2D eigenvalue weighted by Crippen LogP contribution is 2.05. The molecule has 2 aromatic carbocycles. The number of halogens is 1. The molecular formula is C23H31ClN4O4. The minimum atomic E-state index is -0.818. The van der Waals surface area contributed by atoms with Gasteiger partial charge in [0.25, 0.3) is 0 Å². The van der Waals surface area contributed by atoms with Gasteiger partial charge in [0.1, 0.15) is 12.6 Å². The Kier molecular flexibility index (Phi) is 12.5. The summed E-state index contributed by atoms with van der Waals surface area (Å²) in [5.41, 5.74) is 13.2. The van der Waals surface area contributed by atoms with E-state index in [4.69, 9.17) is 16.2 Å². The quantitative estimate of drug-likeness (QED) is 0.358. The molecule has 0 radical (unpaired) electrons. The van der Waals surface area contributed by atoms with E-state index < -0.39 is 30.0 Å². The molecule has 0 bridgehead atoms. The Morgan fingerprint density at radius 2 is 1.50 bits per heavy atom. The van der Waals surface area contributed by atoms with Crippen molar-refractivity contribution in [3.63, 3.8) is 0 Å². The third-order valence-electron chi connectivity index (χ3n) is 4.70. The van der Waals surface area contributed by atoms with Gasteiger partial charge in [-0.05, 0) is 30.4 Å². The van der Waals surface area contributed by atoms with E-state index in [1.54, 1.807) is 0 Å². The van der Waals surface area contributed by atoms with Crippen LogP contribution in [0, 0.1) is 0 Å². The van der Waals surface area contributed by atoms with Crippen LogP contribution in [0.2, 0.25) is 0 Å². The van der Waals surface area contributed by atoms with Crippen molar-refractivity contribution in [3.05, 3.63) is 71.8 Å². The zero-order valence-corrected chi connectivity index (χ0v) is 18.7. The third-order valence-corrected chi connectivity index (χ3v) is 4.70. The second-order valence-corrected chi connectivity index (χ2v) is 7.24. The highest BCUT2D eigenvalue weighted by Gasteiger charge is 2.22. The molecule has 2 atom stereocenters. The molecule has 0 spiro atoms. The minimum Gasteiger partial charge on any atom is -0.445 e. The maximum Gasteiger partial charge on any atom is 0.407 e. The molecule has 0 heterocycles. The topological polar surface area (TPSA) is 137 Å². The Hall–Kier alpha value is -3.10. The minimum absolute atomic E-state index is 0. The highest BCUT2D eigenvalue weighted by molar-refractivity contribution is 5.89. The summed E-state index contributed by atoms with van der Waals surface area (Å²) in [5.74, 6) is -1.03. The third kappa shape index (κ3) is 10.3. The smallest absolute Gasteiger partial charge is 0.407 e. The molecular weight excluding hydrogens is 432 g/mol. The average Bonchev–Trinajstić information content (AvgIpc) is 2.78. The van der Waals surface area contributed by atoms with Gasteiger partial charge in [0, 0.05) is 13.0 Å². The summed E-state index contributed by atoms with van der Waals surface area (Å²) in [6, 6.07) is 17.1. The summed E-state index contributed by atoms with van der Waals surface area (Å²) in [5, 5.41) is 5.29. The maximum atomic E-state index is 12.3. The van der Waals surface area contributed by atoms with E-state index in [9.17, 15) is 14.4 Å². The van der Waals surface area contributed by atoms with Crippen molar-refractivity contribution in [2.45, 2.75) is 44.4 Å². The van der Waals surface area contributed by atoms with Crippen molar-refractivity contribution in [1.29, 1.82) is 0 Å².